The molecule has 0 aliphatic rings. The van der Waals surface area contributed by atoms with Crippen LogP contribution < -0.4 is 10.0 Å². The number of nitrogens with one attached hydrogen (secondary N) is 2. The minimum atomic E-state index is -3.51. The summed E-state index contributed by atoms with van der Waals surface area (Å²) in [6, 6.07) is 4.93. The molecule has 0 unspecified atom stereocenters. The lowest BCUT2D eigenvalue weighted by atomic mass is 10.2. The number of sulfonamides is 1. The van der Waals surface area contributed by atoms with Crippen LogP contribution in [-0.2, 0) is 14.8 Å². The third-order valence-corrected chi connectivity index (χ3v) is 4.85. The SMILES string of the molecule is CS(=O)(=O)Nc1cc(-c2ccc3nc(NC(=O)CO)sc3n2)cnc1Cl. The van der Waals surface area contributed by atoms with E-state index in [0.29, 0.717) is 26.7 Å². The van der Waals surface area contributed by atoms with E-state index in [0.717, 1.165) is 17.6 Å². The van der Waals surface area contributed by atoms with Gasteiger partial charge in [-0.25, -0.2) is 23.4 Å². The van der Waals surface area contributed by atoms with Crippen molar-refractivity contribution in [2.45, 2.75) is 0 Å². The highest BCUT2D eigenvalue weighted by atomic mass is 35.5. The summed E-state index contributed by atoms with van der Waals surface area (Å²) in [5.41, 5.74) is 1.80. The van der Waals surface area contributed by atoms with E-state index in [-0.39, 0.29) is 10.8 Å². The summed E-state index contributed by atoms with van der Waals surface area (Å²) in [6.45, 7) is -0.638. The fourth-order valence-electron chi connectivity index (χ4n) is 2.05. The zero-order valence-electron chi connectivity index (χ0n) is 13.2. The molecule has 3 aromatic heterocycles. The van der Waals surface area contributed by atoms with E-state index in [9.17, 15) is 13.2 Å². The molecule has 0 bridgehead atoms. The van der Waals surface area contributed by atoms with E-state index in [4.69, 9.17) is 16.7 Å². The summed E-state index contributed by atoms with van der Waals surface area (Å²) < 4.78 is 25.1. The average molecular weight is 414 g/mol. The first-order chi connectivity index (χ1) is 12.2. The Morgan fingerprint density at radius 2 is 2.12 bits per heavy atom. The lowest BCUT2D eigenvalue weighted by Gasteiger charge is -2.08. The Morgan fingerprint density at radius 1 is 1.35 bits per heavy atom. The Balaban J connectivity index is 1.97. The molecule has 9 nitrogen and oxygen atoms in total. The fraction of sp³-hybridized carbons (Fsp3) is 0.143. The monoisotopic (exact) mass is 413 g/mol. The molecule has 0 aliphatic carbocycles. The van der Waals surface area contributed by atoms with Gasteiger partial charge in [-0.3, -0.25) is 14.8 Å². The smallest absolute Gasteiger partial charge is 0.251 e. The number of hydrogen-bond acceptors (Lipinski definition) is 8. The van der Waals surface area contributed by atoms with Crippen LogP contribution >= 0.6 is 22.9 Å². The van der Waals surface area contributed by atoms with Crippen LogP contribution in [0.3, 0.4) is 0 Å². The molecular weight excluding hydrogens is 402 g/mol. The molecule has 0 radical (unpaired) electrons. The first kappa shape index (κ1) is 18.5. The Labute approximate surface area is 157 Å². The minimum Gasteiger partial charge on any atom is -0.387 e. The van der Waals surface area contributed by atoms with Gasteiger partial charge in [-0.05, 0) is 18.2 Å². The number of aliphatic hydroxyl groups excluding tert-OH is 1. The summed E-state index contributed by atoms with van der Waals surface area (Å²) in [5.74, 6) is -0.567. The minimum absolute atomic E-state index is 0.0204. The molecule has 3 aromatic rings. The van der Waals surface area contributed by atoms with Crippen molar-refractivity contribution in [3.63, 3.8) is 0 Å². The maximum atomic E-state index is 11.4. The van der Waals surface area contributed by atoms with Gasteiger partial charge in [0.2, 0.25) is 10.0 Å². The van der Waals surface area contributed by atoms with Crippen molar-refractivity contribution >= 4 is 60.0 Å². The van der Waals surface area contributed by atoms with Crippen LogP contribution in [0.1, 0.15) is 0 Å². The number of aromatic nitrogens is 3. The van der Waals surface area contributed by atoms with Crippen LogP contribution in [0.2, 0.25) is 5.15 Å². The molecule has 136 valence electrons. The van der Waals surface area contributed by atoms with Gasteiger partial charge in [0.05, 0.1) is 17.6 Å². The largest absolute Gasteiger partial charge is 0.387 e. The second-order valence-electron chi connectivity index (χ2n) is 5.18. The van der Waals surface area contributed by atoms with Crippen molar-refractivity contribution in [2.24, 2.45) is 0 Å². The van der Waals surface area contributed by atoms with Crippen molar-refractivity contribution in [3.8, 4) is 11.3 Å². The van der Waals surface area contributed by atoms with Crippen LogP contribution in [0.15, 0.2) is 24.4 Å². The third-order valence-electron chi connectivity index (χ3n) is 3.08. The number of hydrogen-bond donors (Lipinski definition) is 3. The molecule has 0 aromatic carbocycles. The molecule has 0 saturated carbocycles. The molecule has 3 N–H and O–H groups in total. The molecule has 1 amide bonds. The normalized spacial score (nSPS) is 11.5. The first-order valence-electron chi connectivity index (χ1n) is 7.07. The zero-order valence-corrected chi connectivity index (χ0v) is 15.6. The Kier molecular flexibility index (Phi) is 5.05. The van der Waals surface area contributed by atoms with E-state index >= 15 is 0 Å². The van der Waals surface area contributed by atoms with Gasteiger partial charge >= 0.3 is 0 Å². The first-order valence-corrected chi connectivity index (χ1v) is 10.2. The number of pyridine rings is 2. The lowest BCUT2D eigenvalue weighted by Crippen LogP contribution is -2.14. The average Bonchev–Trinajstić information content (AvgIpc) is 2.96. The van der Waals surface area contributed by atoms with Gasteiger partial charge < -0.3 is 5.11 Å². The number of rotatable bonds is 5. The van der Waals surface area contributed by atoms with Crippen LogP contribution in [0.25, 0.3) is 21.6 Å². The van der Waals surface area contributed by atoms with Gasteiger partial charge in [0.25, 0.3) is 5.91 Å². The van der Waals surface area contributed by atoms with Gasteiger partial charge in [0.15, 0.2) is 10.3 Å². The van der Waals surface area contributed by atoms with Crippen LogP contribution in [-0.4, -0.2) is 47.2 Å². The van der Waals surface area contributed by atoms with E-state index in [2.05, 4.69) is 25.0 Å². The molecular formula is C14H12ClN5O4S2. The molecule has 26 heavy (non-hydrogen) atoms. The van der Waals surface area contributed by atoms with Gasteiger partial charge in [-0.15, -0.1) is 0 Å². The van der Waals surface area contributed by atoms with Crippen molar-refractivity contribution in [1.82, 2.24) is 15.0 Å². The molecule has 0 atom stereocenters. The molecule has 3 rings (SSSR count). The van der Waals surface area contributed by atoms with Crippen molar-refractivity contribution in [1.29, 1.82) is 0 Å². The van der Waals surface area contributed by atoms with Gasteiger partial charge in [0.1, 0.15) is 17.0 Å². The molecule has 0 saturated heterocycles. The predicted molar refractivity (Wildman–Crippen MR) is 99.8 cm³/mol. The topological polar surface area (TPSA) is 134 Å². The summed E-state index contributed by atoms with van der Waals surface area (Å²) in [4.78, 5) is 24.4. The number of carbonyl (C=O) groups excluding carboxylic acids is 1. The number of carbonyl (C=O) groups is 1. The summed E-state index contributed by atoms with van der Waals surface area (Å²) in [7, 11) is -3.51. The zero-order chi connectivity index (χ0) is 18.9. The summed E-state index contributed by atoms with van der Waals surface area (Å²) in [6.07, 6.45) is 2.49. The highest BCUT2D eigenvalue weighted by molar-refractivity contribution is 7.92. The number of anilines is 2. The number of nitrogens with zero attached hydrogens (tertiary/aromatic N) is 3. The van der Waals surface area contributed by atoms with Crippen LogP contribution in [0.4, 0.5) is 10.8 Å². The Hall–Kier alpha value is -2.34. The predicted octanol–water partition coefficient (Wildman–Crippen LogP) is 1.71. The maximum absolute atomic E-state index is 11.4. The van der Waals surface area contributed by atoms with Crippen LogP contribution in [0.5, 0.6) is 0 Å². The van der Waals surface area contributed by atoms with Crippen molar-refractivity contribution in [2.75, 3.05) is 22.9 Å². The van der Waals surface area contributed by atoms with Gasteiger partial charge in [-0.1, -0.05) is 22.9 Å². The van der Waals surface area contributed by atoms with Crippen LogP contribution in [0, 0.1) is 0 Å². The van der Waals surface area contributed by atoms with Crippen molar-refractivity contribution in [3.05, 3.63) is 29.5 Å². The molecule has 12 heteroatoms. The highest BCUT2D eigenvalue weighted by Crippen LogP contribution is 2.30. The highest BCUT2D eigenvalue weighted by Gasteiger charge is 2.13. The van der Waals surface area contributed by atoms with E-state index in [1.165, 1.54) is 12.3 Å². The Bertz CT molecular complexity index is 1100. The van der Waals surface area contributed by atoms with E-state index in [1.54, 1.807) is 12.1 Å². The standard InChI is InChI=1S/C14H12ClN5O4S2/c1-26(23,24)20-10-4-7(5-16-12(10)15)8-2-3-9-13(17-8)25-14(18-9)19-11(22)6-21/h2-5,20-21H,6H2,1H3,(H,18,19,22). The summed E-state index contributed by atoms with van der Waals surface area (Å²) >= 11 is 7.07. The molecule has 0 fully saturated rings. The molecule has 3 heterocycles. The third kappa shape index (κ3) is 4.25. The maximum Gasteiger partial charge on any atom is 0.251 e. The van der Waals surface area contributed by atoms with Gasteiger partial charge in [0, 0.05) is 11.8 Å². The second kappa shape index (κ2) is 7.11. The number of fused-ring (bicyclic) bond motifs is 1. The molecule has 0 aliphatic heterocycles. The van der Waals surface area contributed by atoms with Crippen molar-refractivity contribution < 1.29 is 18.3 Å². The fourth-order valence-corrected chi connectivity index (χ4v) is 3.67. The van der Waals surface area contributed by atoms with Gasteiger partial charge in [-0.2, -0.15) is 0 Å². The number of aliphatic hydroxyl groups is 1. The summed E-state index contributed by atoms with van der Waals surface area (Å²) in [5, 5.41) is 11.6. The number of halogens is 1. The molecule has 0 spiro atoms. The second-order valence-corrected chi connectivity index (χ2v) is 8.27. The Morgan fingerprint density at radius 3 is 2.81 bits per heavy atom. The van der Waals surface area contributed by atoms with E-state index < -0.39 is 22.5 Å². The number of amides is 1. The lowest BCUT2D eigenvalue weighted by molar-refractivity contribution is -0.118. The quantitative estimate of drug-likeness (QED) is 0.542. The van der Waals surface area contributed by atoms with E-state index in [1.807, 2.05) is 0 Å². The number of thiazole rings is 1.